The highest BCUT2D eigenvalue weighted by Crippen LogP contribution is 2.30. The zero-order valence-corrected chi connectivity index (χ0v) is 17.2. The van der Waals surface area contributed by atoms with Gasteiger partial charge >= 0.3 is 0 Å². The van der Waals surface area contributed by atoms with Crippen molar-refractivity contribution in [1.29, 1.82) is 0 Å². The van der Waals surface area contributed by atoms with Gasteiger partial charge in [0.05, 0.1) is 25.3 Å². The lowest BCUT2D eigenvalue weighted by Crippen LogP contribution is -2.53. The number of nitrogens with one attached hydrogen (secondary N) is 2. The largest absolute Gasteiger partial charge is 0.468 e. The first-order valence-electron chi connectivity index (χ1n) is 9.85. The van der Waals surface area contributed by atoms with Crippen molar-refractivity contribution < 1.29 is 13.9 Å². The van der Waals surface area contributed by atoms with Crippen molar-refractivity contribution in [3.8, 4) is 5.75 Å². The molecule has 1 aliphatic heterocycles. The van der Waals surface area contributed by atoms with Crippen molar-refractivity contribution in [2.75, 3.05) is 35.9 Å². The van der Waals surface area contributed by atoms with E-state index in [-0.39, 0.29) is 5.91 Å². The maximum absolute atomic E-state index is 11.5. The molecule has 1 unspecified atom stereocenters. The van der Waals surface area contributed by atoms with E-state index in [0.29, 0.717) is 17.2 Å². The highest BCUT2D eigenvalue weighted by atomic mass is 16.5. The molecule has 1 saturated heterocycles. The molecular formula is C23H25N5O3. The van der Waals surface area contributed by atoms with E-state index >= 15 is 0 Å². The molecule has 0 bridgehead atoms. The number of rotatable bonds is 8. The number of hydrogen-bond donors (Lipinski definition) is 3. The van der Waals surface area contributed by atoms with Crippen LogP contribution in [0.5, 0.6) is 5.75 Å². The molecule has 4 N–H and O–H groups in total. The zero-order chi connectivity index (χ0) is 21.8. The molecule has 2 heterocycles. The van der Waals surface area contributed by atoms with Crippen LogP contribution in [0.3, 0.4) is 0 Å². The van der Waals surface area contributed by atoms with Crippen molar-refractivity contribution in [2.45, 2.75) is 6.23 Å². The summed E-state index contributed by atoms with van der Waals surface area (Å²) in [6.45, 7) is 5.31. The van der Waals surface area contributed by atoms with Crippen LogP contribution in [0.4, 0.5) is 22.7 Å². The van der Waals surface area contributed by atoms with Crippen LogP contribution in [0.1, 0.15) is 12.0 Å². The summed E-state index contributed by atoms with van der Waals surface area (Å²) in [6, 6.07) is 16.9. The lowest BCUT2D eigenvalue weighted by Gasteiger charge is -2.41. The Bertz CT molecular complexity index is 1060. The van der Waals surface area contributed by atoms with E-state index in [9.17, 15) is 4.79 Å². The SMILES string of the molecule is C=CC(=O)Nc1cccc(OC(N)c2occc2Nc2ccc(N3CN(C)C3)cc2)c1. The van der Waals surface area contributed by atoms with Crippen LogP contribution in [0.2, 0.25) is 0 Å². The Morgan fingerprint density at radius 2 is 1.97 bits per heavy atom. The van der Waals surface area contributed by atoms with Gasteiger partial charge in [0.2, 0.25) is 12.1 Å². The molecule has 1 amide bonds. The zero-order valence-electron chi connectivity index (χ0n) is 17.2. The molecule has 1 aromatic heterocycles. The van der Waals surface area contributed by atoms with Crippen LogP contribution in [0.15, 0.2) is 77.9 Å². The van der Waals surface area contributed by atoms with Crippen molar-refractivity contribution >= 4 is 28.7 Å². The average Bonchev–Trinajstić information content (AvgIpc) is 3.20. The minimum atomic E-state index is -0.834. The molecule has 3 aromatic rings. The van der Waals surface area contributed by atoms with Crippen molar-refractivity contribution in [1.82, 2.24) is 4.90 Å². The van der Waals surface area contributed by atoms with Crippen LogP contribution >= 0.6 is 0 Å². The number of carbonyl (C=O) groups is 1. The Morgan fingerprint density at radius 1 is 1.19 bits per heavy atom. The minimum Gasteiger partial charge on any atom is -0.468 e. The smallest absolute Gasteiger partial charge is 0.247 e. The van der Waals surface area contributed by atoms with Gasteiger partial charge in [-0.05, 0) is 49.5 Å². The lowest BCUT2D eigenvalue weighted by atomic mass is 10.2. The van der Waals surface area contributed by atoms with Crippen LogP contribution in [-0.4, -0.2) is 31.2 Å². The third-order valence-corrected chi connectivity index (χ3v) is 4.84. The number of amides is 1. The first-order valence-corrected chi connectivity index (χ1v) is 9.85. The second-order valence-electron chi connectivity index (χ2n) is 7.31. The van der Waals surface area contributed by atoms with Crippen molar-refractivity contribution in [3.63, 3.8) is 0 Å². The van der Waals surface area contributed by atoms with E-state index in [4.69, 9.17) is 14.9 Å². The fourth-order valence-corrected chi connectivity index (χ4v) is 3.30. The second kappa shape index (κ2) is 8.95. The van der Waals surface area contributed by atoms with Gasteiger partial charge in [-0.2, -0.15) is 0 Å². The molecule has 31 heavy (non-hydrogen) atoms. The molecule has 0 aliphatic carbocycles. The van der Waals surface area contributed by atoms with Gasteiger partial charge in [0.1, 0.15) is 5.75 Å². The monoisotopic (exact) mass is 419 g/mol. The average molecular weight is 419 g/mol. The van der Waals surface area contributed by atoms with Crippen LogP contribution in [0.25, 0.3) is 0 Å². The van der Waals surface area contributed by atoms with Gasteiger partial charge in [-0.25, -0.2) is 0 Å². The predicted octanol–water partition coefficient (Wildman–Crippen LogP) is 3.85. The van der Waals surface area contributed by atoms with Gasteiger partial charge in [-0.3, -0.25) is 15.4 Å². The Labute approximate surface area is 180 Å². The fraction of sp³-hybridized carbons (Fsp3) is 0.174. The van der Waals surface area contributed by atoms with E-state index in [1.807, 2.05) is 12.1 Å². The molecule has 1 fully saturated rings. The second-order valence-corrected chi connectivity index (χ2v) is 7.31. The molecule has 0 saturated carbocycles. The Hall–Kier alpha value is -3.75. The number of carbonyl (C=O) groups excluding carboxylic acids is 1. The molecule has 2 aromatic carbocycles. The molecular weight excluding hydrogens is 394 g/mol. The number of hydrogen-bond acceptors (Lipinski definition) is 7. The molecule has 8 nitrogen and oxygen atoms in total. The molecule has 1 atom stereocenters. The Kier molecular flexibility index (Phi) is 5.92. The Morgan fingerprint density at radius 3 is 2.68 bits per heavy atom. The molecule has 0 radical (unpaired) electrons. The molecule has 4 rings (SSSR count). The summed E-state index contributed by atoms with van der Waals surface area (Å²) >= 11 is 0. The Balaban J connectivity index is 1.41. The van der Waals surface area contributed by atoms with E-state index in [1.165, 1.54) is 11.8 Å². The number of furan rings is 1. The van der Waals surface area contributed by atoms with Gasteiger partial charge in [0.25, 0.3) is 0 Å². The van der Waals surface area contributed by atoms with Crippen LogP contribution < -0.4 is 26.0 Å². The van der Waals surface area contributed by atoms with Gasteiger partial charge in [-0.1, -0.05) is 12.6 Å². The third-order valence-electron chi connectivity index (χ3n) is 4.84. The standard InChI is InChI=1S/C23H25N5O3/c1-3-21(29)26-17-5-4-6-19(13-17)31-23(24)22-20(11-12-30-22)25-16-7-9-18(10-8-16)28-14-27(2)15-28/h3-13,23,25H,1,14-15,24H2,2H3,(H,26,29). The number of nitrogens with zero attached hydrogens (tertiary/aromatic N) is 2. The quantitative estimate of drug-likeness (QED) is 0.377. The third kappa shape index (κ3) is 4.88. The molecule has 8 heteroatoms. The maximum Gasteiger partial charge on any atom is 0.247 e. The van der Waals surface area contributed by atoms with Gasteiger partial charge in [-0.15, -0.1) is 0 Å². The topological polar surface area (TPSA) is 96.0 Å². The van der Waals surface area contributed by atoms with E-state index < -0.39 is 6.23 Å². The van der Waals surface area contributed by atoms with Gasteiger partial charge in [0, 0.05) is 29.2 Å². The summed E-state index contributed by atoms with van der Waals surface area (Å²) in [4.78, 5) is 16.0. The number of anilines is 4. The summed E-state index contributed by atoms with van der Waals surface area (Å²) in [5.41, 5.74) is 9.64. The molecule has 1 aliphatic rings. The van der Waals surface area contributed by atoms with Crippen molar-refractivity contribution in [3.05, 3.63) is 79.3 Å². The predicted molar refractivity (Wildman–Crippen MR) is 121 cm³/mol. The van der Waals surface area contributed by atoms with E-state index in [2.05, 4.69) is 46.2 Å². The highest BCUT2D eigenvalue weighted by Gasteiger charge is 2.20. The highest BCUT2D eigenvalue weighted by molar-refractivity contribution is 5.98. The summed E-state index contributed by atoms with van der Waals surface area (Å²) in [5, 5.41) is 6.01. The number of nitrogens with two attached hydrogens (primary N) is 1. The molecule has 160 valence electrons. The first-order chi connectivity index (χ1) is 15.0. The maximum atomic E-state index is 11.5. The van der Waals surface area contributed by atoms with E-state index in [0.717, 1.165) is 24.7 Å². The van der Waals surface area contributed by atoms with Gasteiger partial charge < -0.3 is 24.7 Å². The summed E-state index contributed by atoms with van der Waals surface area (Å²) in [6.07, 6.45) is 1.93. The van der Waals surface area contributed by atoms with Crippen molar-refractivity contribution in [2.24, 2.45) is 5.73 Å². The number of ether oxygens (including phenoxy) is 1. The summed E-state index contributed by atoms with van der Waals surface area (Å²) in [7, 11) is 2.09. The van der Waals surface area contributed by atoms with Gasteiger partial charge in [0.15, 0.2) is 5.76 Å². The lowest BCUT2D eigenvalue weighted by molar-refractivity contribution is -0.111. The fourth-order valence-electron chi connectivity index (χ4n) is 3.30. The normalized spacial score (nSPS) is 14.5. The summed E-state index contributed by atoms with van der Waals surface area (Å²) in [5.74, 6) is 0.667. The van der Waals surface area contributed by atoms with Crippen LogP contribution in [-0.2, 0) is 4.79 Å². The number of benzene rings is 2. The molecule has 0 spiro atoms. The minimum absolute atomic E-state index is 0.300. The summed E-state index contributed by atoms with van der Waals surface area (Å²) < 4.78 is 11.4. The van der Waals surface area contributed by atoms with Crippen LogP contribution in [0, 0.1) is 0 Å². The first kappa shape index (κ1) is 20.5. The van der Waals surface area contributed by atoms with E-state index in [1.54, 1.807) is 36.6 Å².